The van der Waals surface area contributed by atoms with Gasteiger partial charge in [-0.1, -0.05) is 6.92 Å². The van der Waals surface area contributed by atoms with Crippen molar-refractivity contribution in [2.75, 3.05) is 6.54 Å². The van der Waals surface area contributed by atoms with Crippen LogP contribution in [0.3, 0.4) is 0 Å². The van der Waals surface area contributed by atoms with Crippen molar-refractivity contribution in [3.05, 3.63) is 0 Å². The van der Waals surface area contributed by atoms with E-state index in [1.165, 1.54) is 32.1 Å². The Hall–Kier alpha value is 0.250. The van der Waals surface area contributed by atoms with Gasteiger partial charge in [-0.25, -0.2) is 0 Å². The second kappa shape index (κ2) is 3.92. The van der Waals surface area contributed by atoms with Gasteiger partial charge in [-0.3, -0.25) is 0 Å². The van der Waals surface area contributed by atoms with Gasteiger partial charge in [0.1, 0.15) is 0 Å². The molecule has 4 aliphatic rings. The summed E-state index contributed by atoms with van der Waals surface area (Å²) >= 11 is 0. The Balaban J connectivity index is 0.000000853. The summed E-state index contributed by atoms with van der Waals surface area (Å²) in [6.07, 6.45) is 8.97. The van der Waals surface area contributed by atoms with E-state index in [4.69, 9.17) is 5.73 Å². The first-order chi connectivity index (χ1) is 6.72. The van der Waals surface area contributed by atoms with Crippen LogP contribution in [-0.4, -0.2) is 6.54 Å². The molecule has 88 valence electrons. The molecule has 0 saturated heterocycles. The van der Waals surface area contributed by atoms with Crippen molar-refractivity contribution in [3.63, 3.8) is 0 Å². The Morgan fingerprint density at radius 2 is 1.47 bits per heavy atom. The minimum Gasteiger partial charge on any atom is -0.330 e. The highest BCUT2D eigenvalue weighted by atomic mass is 35.5. The van der Waals surface area contributed by atoms with Gasteiger partial charge in [0.2, 0.25) is 0 Å². The summed E-state index contributed by atoms with van der Waals surface area (Å²) in [5.41, 5.74) is 6.42. The second-order valence-electron chi connectivity index (χ2n) is 6.35. The molecule has 1 nitrogen and oxygen atoms in total. The van der Waals surface area contributed by atoms with E-state index in [0.29, 0.717) is 5.41 Å². The molecular formula is C13H24ClN. The van der Waals surface area contributed by atoms with Gasteiger partial charge in [0, 0.05) is 0 Å². The van der Waals surface area contributed by atoms with Crippen LogP contribution in [0.15, 0.2) is 0 Å². The van der Waals surface area contributed by atoms with Crippen LogP contribution in [0.1, 0.15) is 45.4 Å². The predicted molar refractivity (Wildman–Crippen MR) is 66.1 cm³/mol. The summed E-state index contributed by atoms with van der Waals surface area (Å²) in [6, 6.07) is 0. The minimum atomic E-state index is 0. The maximum Gasteiger partial charge on any atom is -0.00719 e. The second-order valence-corrected chi connectivity index (χ2v) is 6.35. The van der Waals surface area contributed by atoms with Crippen LogP contribution in [0, 0.1) is 29.1 Å². The molecule has 0 aromatic carbocycles. The molecule has 4 bridgehead atoms. The predicted octanol–water partition coefficient (Wildman–Crippen LogP) is 3.22. The standard InChI is InChI=1S/C13H23N.ClH/c1-13(2-3-14)11-5-9-4-10(7-11)8-12(13)6-9;/h9-12H,2-8,14H2,1H3;1H. The number of hydrogen-bond donors (Lipinski definition) is 1. The number of rotatable bonds is 2. The fraction of sp³-hybridized carbons (Fsp3) is 1.00. The van der Waals surface area contributed by atoms with E-state index in [-0.39, 0.29) is 12.4 Å². The van der Waals surface area contributed by atoms with Crippen molar-refractivity contribution in [2.24, 2.45) is 34.8 Å². The Kier molecular flexibility index (Phi) is 3.07. The lowest BCUT2D eigenvalue weighted by Gasteiger charge is -2.60. The van der Waals surface area contributed by atoms with Gasteiger partial charge in [0.25, 0.3) is 0 Å². The Morgan fingerprint density at radius 3 is 1.87 bits per heavy atom. The summed E-state index contributed by atoms with van der Waals surface area (Å²) in [5, 5.41) is 0. The van der Waals surface area contributed by atoms with Crippen LogP contribution in [0.2, 0.25) is 0 Å². The van der Waals surface area contributed by atoms with Gasteiger partial charge < -0.3 is 5.73 Å². The van der Waals surface area contributed by atoms with Crippen molar-refractivity contribution in [3.8, 4) is 0 Å². The van der Waals surface area contributed by atoms with Gasteiger partial charge in [-0.2, -0.15) is 0 Å². The van der Waals surface area contributed by atoms with E-state index in [2.05, 4.69) is 6.92 Å². The highest BCUT2D eigenvalue weighted by molar-refractivity contribution is 5.85. The van der Waals surface area contributed by atoms with E-state index < -0.39 is 0 Å². The molecule has 0 spiro atoms. The first-order valence-electron chi connectivity index (χ1n) is 6.42. The molecule has 4 fully saturated rings. The lowest BCUT2D eigenvalue weighted by molar-refractivity contribution is -0.101. The lowest BCUT2D eigenvalue weighted by Crippen LogP contribution is -2.52. The monoisotopic (exact) mass is 229 g/mol. The fourth-order valence-electron chi connectivity index (χ4n) is 4.98. The van der Waals surface area contributed by atoms with Crippen molar-refractivity contribution in [1.29, 1.82) is 0 Å². The molecule has 0 unspecified atom stereocenters. The van der Waals surface area contributed by atoms with Crippen molar-refractivity contribution < 1.29 is 0 Å². The molecule has 0 aromatic rings. The molecule has 2 heteroatoms. The molecule has 0 atom stereocenters. The zero-order chi connectivity index (χ0) is 9.76. The van der Waals surface area contributed by atoms with E-state index in [1.807, 2.05) is 0 Å². The average molecular weight is 230 g/mol. The summed E-state index contributed by atoms with van der Waals surface area (Å²) in [6.45, 7) is 3.44. The maximum atomic E-state index is 5.79. The Bertz CT molecular complexity index is 211. The molecule has 4 saturated carbocycles. The molecule has 2 N–H and O–H groups in total. The van der Waals surface area contributed by atoms with Crippen LogP contribution in [0.5, 0.6) is 0 Å². The van der Waals surface area contributed by atoms with Gasteiger partial charge in [0.15, 0.2) is 0 Å². The first-order valence-corrected chi connectivity index (χ1v) is 6.42. The quantitative estimate of drug-likeness (QED) is 0.773. The van der Waals surface area contributed by atoms with Gasteiger partial charge >= 0.3 is 0 Å². The third kappa shape index (κ3) is 1.63. The molecule has 15 heavy (non-hydrogen) atoms. The highest BCUT2D eigenvalue weighted by Gasteiger charge is 2.53. The zero-order valence-electron chi connectivity index (χ0n) is 9.74. The van der Waals surface area contributed by atoms with E-state index in [0.717, 1.165) is 30.2 Å². The summed E-state index contributed by atoms with van der Waals surface area (Å²) in [4.78, 5) is 0. The largest absolute Gasteiger partial charge is 0.330 e. The van der Waals surface area contributed by atoms with Crippen LogP contribution < -0.4 is 5.73 Å². The molecule has 0 aliphatic heterocycles. The number of nitrogens with two attached hydrogens (primary N) is 1. The fourth-order valence-corrected chi connectivity index (χ4v) is 4.98. The SMILES string of the molecule is CC1(CCN)C2CC3CC(C2)CC1C3.Cl. The van der Waals surface area contributed by atoms with E-state index >= 15 is 0 Å². The van der Waals surface area contributed by atoms with Crippen molar-refractivity contribution in [2.45, 2.75) is 45.4 Å². The van der Waals surface area contributed by atoms with Gasteiger partial charge in [0.05, 0.1) is 0 Å². The third-order valence-corrected chi connectivity index (χ3v) is 5.69. The topological polar surface area (TPSA) is 26.0 Å². The number of hydrogen-bond acceptors (Lipinski definition) is 1. The zero-order valence-corrected chi connectivity index (χ0v) is 10.6. The van der Waals surface area contributed by atoms with Crippen molar-refractivity contribution in [1.82, 2.24) is 0 Å². The molecule has 0 heterocycles. The molecule has 0 aromatic heterocycles. The normalized spacial score (nSPS) is 51.6. The van der Waals surface area contributed by atoms with Crippen LogP contribution in [0.25, 0.3) is 0 Å². The van der Waals surface area contributed by atoms with Gasteiger partial charge in [-0.05, 0) is 74.2 Å². The number of halogens is 1. The lowest BCUT2D eigenvalue weighted by atomic mass is 9.45. The maximum absolute atomic E-state index is 5.79. The Morgan fingerprint density at radius 1 is 1.00 bits per heavy atom. The average Bonchev–Trinajstić information content (AvgIpc) is 2.14. The molecular weight excluding hydrogens is 206 g/mol. The first kappa shape index (κ1) is 11.7. The van der Waals surface area contributed by atoms with Gasteiger partial charge in [-0.15, -0.1) is 12.4 Å². The molecule has 0 radical (unpaired) electrons. The smallest absolute Gasteiger partial charge is 0.00719 e. The summed E-state index contributed by atoms with van der Waals surface area (Å²) < 4.78 is 0. The molecule has 4 rings (SSSR count). The molecule has 0 amide bonds. The summed E-state index contributed by atoms with van der Waals surface area (Å²) in [7, 11) is 0. The molecule has 4 aliphatic carbocycles. The third-order valence-electron chi connectivity index (χ3n) is 5.69. The van der Waals surface area contributed by atoms with E-state index in [1.54, 1.807) is 6.42 Å². The highest BCUT2D eigenvalue weighted by Crippen LogP contribution is 2.63. The van der Waals surface area contributed by atoms with Crippen LogP contribution in [0.4, 0.5) is 0 Å². The van der Waals surface area contributed by atoms with Crippen molar-refractivity contribution >= 4 is 12.4 Å². The van der Waals surface area contributed by atoms with E-state index in [9.17, 15) is 0 Å². The Labute approximate surface area is 99.6 Å². The summed E-state index contributed by atoms with van der Waals surface area (Å²) in [5.74, 6) is 4.26. The van der Waals surface area contributed by atoms with Crippen LogP contribution >= 0.6 is 12.4 Å². The van der Waals surface area contributed by atoms with Crippen LogP contribution in [-0.2, 0) is 0 Å². The minimum absolute atomic E-state index is 0.